The van der Waals surface area contributed by atoms with E-state index in [9.17, 15) is 9.59 Å². The van der Waals surface area contributed by atoms with Gasteiger partial charge in [-0.25, -0.2) is 20.5 Å². The Morgan fingerprint density at radius 2 is 1.04 bits per heavy atom. The molecule has 0 aliphatic heterocycles. The SMILES string of the molecule is O=C(ONc1cccc(Cl)c1)c1ccc(C(=O)ONc2cccc(Cl)c2)cc1. The van der Waals surface area contributed by atoms with E-state index in [0.717, 1.165) is 0 Å². The maximum Gasteiger partial charge on any atom is 0.362 e. The number of hydrogen-bond donors (Lipinski definition) is 2. The summed E-state index contributed by atoms with van der Waals surface area (Å²) in [7, 11) is 0. The Hall–Kier alpha value is -3.22. The van der Waals surface area contributed by atoms with Crippen LogP contribution in [-0.4, -0.2) is 11.9 Å². The van der Waals surface area contributed by atoms with Crippen LogP contribution in [0.5, 0.6) is 0 Å². The molecule has 28 heavy (non-hydrogen) atoms. The van der Waals surface area contributed by atoms with Crippen molar-refractivity contribution in [3.63, 3.8) is 0 Å². The van der Waals surface area contributed by atoms with Crippen LogP contribution in [0.3, 0.4) is 0 Å². The number of carbonyl (C=O) groups is 2. The van der Waals surface area contributed by atoms with E-state index < -0.39 is 11.9 Å². The largest absolute Gasteiger partial charge is 0.362 e. The van der Waals surface area contributed by atoms with Crippen LogP contribution in [0.4, 0.5) is 11.4 Å². The van der Waals surface area contributed by atoms with E-state index in [-0.39, 0.29) is 11.1 Å². The summed E-state index contributed by atoms with van der Waals surface area (Å²) in [6, 6.07) is 19.3. The number of hydrogen-bond acceptors (Lipinski definition) is 6. The number of anilines is 2. The molecule has 0 atom stereocenters. The van der Waals surface area contributed by atoms with Crippen molar-refractivity contribution < 1.29 is 19.3 Å². The molecule has 0 fully saturated rings. The molecule has 0 heterocycles. The summed E-state index contributed by atoms with van der Waals surface area (Å²) >= 11 is 11.7. The second-order valence-electron chi connectivity index (χ2n) is 5.58. The zero-order chi connectivity index (χ0) is 19.9. The molecule has 0 spiro atoms. The molecule has 0 bridgehead atoms. The molecule has 8 heteroatoms. The van der Waals surface area contributed by atoms with Crippen molar-refractivity contribution in [3.05, 3.63) is 94.0 Å². The first kappa shape index (κ1) is 19.5. The van der Waals surface area contributed by atoms with E-state index in [2.05, 4.69) is 11.0 Å². The van der Waals surface area contributed by atoms with Crippen LogP contribution in [0.1, 0.15) is 20.7 Å². The number of benzene rings is 3. The monoisotopic (exact) mass is 416 g/mol. The van der Waals surface area contributed by atoms with E-state index in [1.165, 1.54) is 24.3 Å². The van der Waals surface area contributed by atoms with Crippen LogP contribution >= 0.6 is 23.2 Å². The molecule has 3 aromatic carbocycles. The fraction of sp³-hybridized carbons (Fsp3) is 0. The van der Waals surface area contributed by atoms with Crippen LogP contribution in [0.25, 0.3) is 0 Å². The summed E-state index contributed by atoms with van der Waals surface area (Å²) < 4.78 is 0. The van der Waals surface area contributed by atoms with Crippen molar-refractivity contribution in [1.82, 2.24) is 0 Å². The smallest absolute Gasteiger partial charge is 0.338 e. The Balaban J connectivity index is 1.54. The number of carbonyl (C=O) groups excluding carboxylic acids is 2. The lowest BCUT2D eigenvalue weighted by molar-refractivity contribution is 0.0582. The molecule has 6 nitrogen and oxygen atoms in total. The van der Waals surface area contributed by atoms with Gasteiger partial charge in [0.1, 0.15) is 0 Å². The minimum Gasteiger partial charge on any atom is -0.338 e. The molecule has 2 N–H and O–H groups in total. The zero-order valence-electron chi connectivity index (χ0n) is 14.3. The molecule has 0 saturated heterocycles. The van der Waals surface area contributed by atoms with E-state index in [1.807, 2.05) is 0 Å². The lowest BCUT2D eigenvalue weighted by atomic mass is 10.1. The lowest BCUT2D eigenvalue weighted by Crippen LogP contribution is -2.13. The van der Waals surface area contributed by atoms with Gasteiger partial charge in [0.05, 0.1) is 22.5 Å². The molecule has 3 aromatic rings. The minimum absolute atomic E-state index is 0.258. The molecule has 142 valence electrons. The van der Waals surface area contributed by atoms with Crippen molar-refractivity contribution >= 4 is 46.5 Å². The highest BCUT2D eigenvalue weighted by Crippen LogP contribution is 2.17. The molecule has 3 rings (SSSR count). The van der Waals surface area contributed by atoms with Crippen LogP contribution in [0.2, 0.25) is 10.0 Å². The highest BCUT2D eigenvalue weighted by molar-refractivity contribution is 6.31. The van der Waals surface area contributed by atoms with Gasteiger partial charge in [0.25, 0.3) is 0 Å². The summed E-state index contributed by atoms with van der Waals surface area (Å²) in [4.78, 5) is 34.1. The molecular formula is C20H14Cl2N2O4. The van der Waals surface area contributed by atoms with Crippen LogP contribution in [0.15, 0.2) is 72.8 Å². The van der Waals surface area contributed by atoms with Gasteiger partial charge in [0.2, 0.25) is 0 Å². The fourth-order valence-electron chi connectivity index (χ4n) is 2.17. The van der Waals surface area contributed by atoms with Gasteiger partial charge < -0.3 is 9.68 Å². The summed E-state index contributed by atoms with van der Waals surface area (Å²) in [5, 5.41) is 1.02. The highest BCUT2D eigenvalue weighted by atomic mass is 35.5. The molecule has 0 aliphatic rings. The van der Waals surface area contributed by atoms with Gasteiger partial charge in [-0.05, 0) is 60.7 Å². The third-order valence-electron chi connectivity index (χ3n) is 3.53. The molecule has 0 amide bonds. The highest BCUT2D eigenvalue weighted by Gasteiger charge is 2.12. The topological polar surface area (TPSA) is 76.7 Å². The van der Waals surface area contributed by atoms with Gasteiger partial charge in [0, 0.05) is 10.0 Å². The number of rotatable bonds is 6. The normalized spacial score (nSPS) is 10.1. The van der Waals surface area contributed by atoms with E-state index in [1.54, 1.807) is 48.5 Å². The van der Waals surface area contributed by atoms with Gasteiger partial charge in [-0.2, -0.15) is 0 Å². The predicted molar refractivity (Wildman–Crippen MR) is 107 cm³/mol. The second-order valence-corrected chi connectivity index (χ2v) is 6.45. The van der Waals surface area contributed by atoms with Gasteiger partial charge in [0.15, 0.2) is 0 Å². The lowest BCUT2D eigenvalue weighted by Gasteiger charge is -2.08. The van der Waals surface area contributed by atoms with Crippen LogP contribution in [0, 0.1) is 0 Å². The van der Waals surface area contributed by atoms with Crippen molar-refractivity contribution in [2.75, 3.05) is 11.0 Å². The first-order valence-corrected chi connectivity index (χ1v) is 8.82. The number of nitrogens with one attached hydrogen (secondary N) is 2. The number of halogens is 2. The van der Waals surface area contributed by atoms with Gasteiger partial charge in [-0.3, -0.25) is 0 Å². The molecule has 0 saturated carbocycles. The first-order chi connectivity index (χ1) is 13.5. The Kier molecular flexibility index (Phi) is 6.37. The van der Waals surface area contributed by atoms with Gasteiger partial charge >= 0.3 is 11.9 Å². The third-order valence-corrected chi connectivity index (χ3v) is 4.00. The Labute approximate surface area is 170 Å². The fourth-order valence-corrected chi connectivity index (χ4v) is 2.56. The van der Waals surface area contributed by atoms with E-state index in [0.29, 0.717) is 21.4 Å². The summed E-state index contributed by atoms with van der Waals surface area (Å²) in [5.41, 5.74) is 6.62. The standard InChI is InChI=1S/C20H14Cl2N2O4/c21-15-3-1-5-17(11-15)23-27-19(25)13-7-9-14(10-8-13)20(26)28-24-18-6-2-4-16(22)12-18/h1-12,23-24H. The predicted octanol–water partition coefficient (Wildman–Crippen LogP) is 5.36. The summed E-state index contributed by atoms with van der Waals surface area (Å²) in [5.74, 6) is -1.23. The van der Waals surface area contributed by atoms with Gasteiger partial charge in [-0.15, -0.1) is 0 Å². The van der Waals surface area contributed by atoms with Crippen molar-refractivity contribution in [2.45, 2.75) is 0 Å². The van der Waals surface area contributed by atoms with Crippen molar-refractivity contribution in [3.8, 4) is 0 Å². The molecule has 0 aliphatic carbocycles. The van der Waals surface area contributed by atoms with Crippen molar-refractivity contribution in [1.29, 1.82) is 0 Å². The Morgan fingerprint density at radius 3 is 1.39 bits per heavy atom. The van der Waals surface area contributed by atoms with Gasteiger partial charge in [-0.1, -0.05) is 35.3 Å². The zero-order valence-corrected chi connectivity index (χ0v) is 15.8. The summed E-state index contributed by atoms with van der Waals surface area (Å²) in [6.07, 6.45) is 0. The summed E-state index contributed by atoms with van der Waals surface area (Å²) in [6.45, 7) is 0. The minimum atomic E-state index is -0.614. The van der Waals surface area contributed by atoms with Crippen molar-refractivity contribution in [2.24, 2.45) is 0 Å². The third kappa shape index (κ3) is 5.39. The van der Waals surface area contributed by atoms with E-state index in [4.69, 9.17) is 32.9 Å². The quantitative estimate of drug-likeness (QED) is 0.526. The van der Waals surface area contributed by atoms with E-state index >= 15 is 0 Å². The first-order valence-electron chi connectivity index (χ1n) is 8.07. The van der Waals surface area contributed by atoms with Crippen LogP contribution in [-0.2, 0) is 9.68 Å². The van der Waals surface area contributed by atoms with Crippen LogP contribution < -0.4 is 11.0 Å². The average Bonchev–Trinajstić information content (AvgIpc) is 2.70. The maximum absolute atomic E-state index is 12.1. The maximum atomic E-state index is 12.1. The molecule has 0 radical (unpaired) electrons. The average molecular weight is 417 g/mol. The molecular weight excluding hydrogens is 403 g/mol. The Bertz CT molecular complexity index is 913. The second kappa shape index (κ2) is 9.12. The molecule has 0 aromatic heterocycles. The Morgan fingerprint density at radius 1 is 0.643 bits per heavy atom. The molecule has 0 unspecified atom stereocenters.